The van der Waals surface area contributed by atoms with Gasteiger partial charge in [-0.05, 0) is 77.6 Å². The van der Waals surface area contributed by atoms with Gasteiger partial charge in [0.05, 0.1) is 5.69 Å². The number of ether oxygens (including phenoxy) is 1. The lowest BCUT2D eigenvalue weighted by atomic mass is 9.92. The number of likely N-dealkylation sites (tertiary alicyclic amines) is 2. The Kier molecular flexibility index (Phi) is 7.79. The summed E-state index contributed by atoms with van der Waals surface area (Å²) < 4.78 is 17.1. The Morgan fingerprint density at radius 2 is 1.72 bits per heavy atom. The Hall–Kier alpha value is -3.04. The summed E-state index contributed by atoms with van der Waals surface area (Å²) in [5.41, 5.74) is 3.19. The third-order valence-corrected chi connectivity index (χ3v) is 8.67. The van der Waals surface area contributed by atoms with Gasteiger partial charge in [-0.15, -0.1) is 0 Å². The lowest BCUT2D eigenvalue weighted by Gasteiger charge is -2.36. The number of oxazole rings is 1. The van der Waals surface area contributed by atoms with Gasteiger partial charge in [-0.2, -0.15) is 4.98 Å². The first-order chi connectivity index (χ1) is 19.0. The normalized spacial score (nSPS) is 20.5. The number of hydrogen-bond donors (Lipinski definition) is 0. The zero-order chi connectivity index (χ0) is 26.8. The van der Waals surface area contributed by atoms with Gasteiger partial charge in [0.1, 0.15) is 5.76 Å². The fourth-order valence-electron chi connectivity index (χ4n) is 6.17. The Morgan fingerprint density at radius 1 is 0.949 bits per heavy atom. The maximum Gasteiger partial charge on any atom is 0.229 e. The van der Waals surface area contributed by atoms with E-state index in [2.05, 4.69) is 34.0 Å². The minimum absolute atomic E-state index is 0.0996. The van der Waals surface area contributed by atoms with Crippen LogP contribution in [-0.2, 0) is 16.1 Å². The SMILES string of the molecule is Cc1cccc(-c2nc(CN3CCC(C(=O)N4CCC(c5nc(C6CCOCC6)no5)CC4)CC3)c(C)o2)c1. The van der Waals surface area contributed by atoms with E-state index in [1.807, 2.05) is 19.1 Å². The van der Waals surface area contributed by atoms with E-state index in [4.69, 9.17) is 23.6 Å². The number of piperidine rings is 2. The molecular formula is C30H39N5O4. The van der Waals surface area contributed by atoms with Crippen LogP contribution in [0.25, 0.3) is 11.5 Å². The number of carbonyl (C=O) groups is 1. The molecule has 0 saturated carbocycles. The standard InChI is InChI=1S/C30H39N5O4/c1-20-4-3-5-25(18-20)28-31-26(21(2)38-28)19-34-12-6-24(7-13-34)30(36)35-14-8-23(9-15-35)29-32-27(33-39-29)22-10-16-37-17-11-22/h3-5,18,22-24H,6-17,19H2,1-2H3. The van der Waals surface area contributed by atoms with E-state index < -0.39 is 0 Å². The van der Waals surface area contributed by atoms with E-state index in [0.29, 0.717) is 17.7 Å². The van der Waals surface area contributed by atoms with Crippen molar-refractivity contribution in [2.24, 2.45) is 5.92 Å². The second-order valence-corrected chi connectivity index (χ2v) is 11.4. The maximum atomic E-state index is 13.3. The number of amides is 1. The van der Waals surface area contributed by atoms with Crippen molar-refractivity contribution in [2.75, 3.05) is 39.4 Å². The Balaban J connectivity index is 0.973. The summed E-state index contributed by atoms with van der Waals surface area (Å²) in [7, 11) is 0. The first-order valence-corrected chi connectivity index (χ1v) is 14.5. The van der Waals surface area contributed by atoms with E-state index in [-0.39, 0.29) is 11.8 Å². The summed E-state index contributed by atoms with van der Waals surface area (Å²) in [5, 5.41) is 4.27. The fraction of sp³-hybridized carbons (Fsp3) is 0.600. The summed E-state index contributed by atoms with van der Waals surface area (Å²) in [6, 6.07) is 8.24. The molecule has 0 N–H and O–H groups in total. The molecule has 1 amide bonds. The molecule has 39 heavy (non-hydrogen) atoms. The molecule has 208 valence electrons. The predicted molar refractivity (Wildman–Crippen MR) is 145 cm³/mol. The number of nitrogens with zero attached hydrogens (tertiary/aromatic N) is 5. The molecule has 0 unspecified atom stereocenters. The maximum absolute atomic E-state index is 13.3. The van der Waals surface area contributed by atoms with Gasteiger partial charge in [0, 0.05) is 56.2 Å². The molecule has 9 nitrogen and oxygen atoms in total. The van der Waals surface area contributed by atoms with E-state index >= 15 is 0 Å². The van der Waals surface area contributed by atoms with Crippen LogP contribution in [0.4, 0.5) is 0 Å². The molecule has 0 aliphatic carbocycles. The largest absolute Gasteiger partial charge is 0.441 e. The summed E-state index contributed by atoms with van der Waals surface area (Å²) >= 11 is 0. The molecule has 3 saturated heterocycles. The zero-order valence-electron chi connectivity index (χ0n) is 23.1. The van der Waals surface area contributed by atoms with Crippen LogP contribution in [0.15, 0.2) is 33.2 Å². The van der Waals surface area contributed by atoms with Gasteiger partial charge in [-0.25, -0.2) is 4.98 Å². The van der Waals surface area contributed by atoms with Crippen molar-refractivity contribution in [3.63, 3.8) is 0 Å². The van der Waals surface area contributed by atoms with Crippen LogP contribution in [0, 0.1) is 19.8 Å². The van der Waals surface area contributed by atoms with Gasteiger partial charge in [0.25, 0.3) is 0 Å². The van der Waals surface area contributed by atoms with Crippen molar-refractivity contribution in [1.82, 2.24) is 24.9 Å². The minimum atomic E-state index is 0.0996. The molecule has 1 aromatic carbocycles. The number of rotatable bonds is 6. The molecular weight excluding hydrogens is 494 g/mol. The molecule has 3 aromatic rings. The van der Waals surface area contributed by atoms with Crippen molar-refractivity contribution >= 4 is 5.91 Å². The lowest BCUT2D eigenvalue weighted by Crippen LogP contribution is -2.45. The highest BCUT2D eigenvalue weighted by molar-refractivity contribution is 5.79. The molecule has 6 rings (SSSR count). The molecule has 3 aliphatic heterocycles. The summed E-state index contributed by atoms with van der Waals surface area (Å²) in [6.07, 6.45) is 5.45. The van der Waals surface area contributed by atoms with Gasteiger partial charge in [0.2, 0.25) is 17.7 Å². The number of carbonyl (C=O) groups excluding carboxylic acids is 1. The number of hydrogen-bond acceptors (Lipinski definition) is 8. The van der Waals surface area contributed by atoms with Gasteiger partial charge >= 0.3 is 0 Å². The Morgan fingerprint density at radius 3 is 2.46 bits per heavy atom. The van der Waals surface area contributed by atoms with Gasteiger partial charge in [-0.3, -0.25) is 9.69 Å². The highest BCUT2D eigenvalue weighted by atomic mass is 16.5. The summed E-state index contributed by atoms with van der Waals surface area (Å²) in [6.45, 7) is 9.68. The molecule has 0 atom stereocenters. The molecule has 5 heterocycles. The number of benzene rings is 1. The Bertz CT molecular complexity index is 1260. The van der Waals surface area contributed by atoms with Crippen LogP contribution in [0.3, 0.4) is 0 Å². The highest BCUT2D eigenvalue weighted by Crippen LogP contribution is 2.32. The second-order valence-electron chi connectivity index (χ2n) is 11.4. The molecule has 9 heteroatoms. The average Bonchev–Trinajstić information content (AvgIpc) is 3.61. The number of aryl methyl sites for hydroxylation is 2. The quantitative estimate of drug-likeness (QED) is 0.443. The molecule has 3 fully saturated rings. The summed E-state index contributed by atoms with van der Waals surface area (Å²) in [4.78, 5) is 27.3. The van der Waals surface area contributed by atoms with Crippen LogP contribution in [0.1, 0.15) is 79.1 Å². The predicted octanol–water partition coefficient (Wildman–Crippen LogP) is 4.85. The van der Waals surface area contributed by atoms with Crippen LogP contribution >= 0.6 is 0 Å². The van der Waals surface area contributed by atoms with Gasteiger partial charge in [0.15, 0.2) is 5.82 Å². The number of aromatic nitrogens is 3. The molecule has 0 radical (unpaired) electrons. The first kappa shape index (κ1) is 26.2. The van der Waals surface area contributed by atoms with Crippen molar-refractivity contribution < 1.29 is 18.5 Å². The average molecular weight is 534 g/mol. The third-order valence-electron chi connectivity index (χ3n) is 8.67. The summed E-state index contributed by atoms with van der Waals surface area (Å²) in [5.74, 6) is 4.10. The van der Waals surface area contributed by atoms with E-state index in [0.717, 1.165) is 113 Å². The molecule has 3 aliphatic rings. The molecule has 0 bridgehead atoms. The molecule has 2 aromatic heterocycles. The second kappa shape index (κ2) is 11.6. The molecule has 0 spiro atoms. The van der Waals surface area contributed by atoms with Gasteiger partial charge in [-0.1, -0.05) is 22.9 Å². The van der Waals surface area contributed by atoms with Crippen LogP contribution in [0.2, 0.25) is 0 Å². The highest BCUT2D eigenvalue weighted by Gasteiger charge is 2.33. The Labute approximate surface area is 229 Å². The monoisotopic (exact) mass is 533 g/mol. The van der Waals surface area contributed by atoms with Crippen molar-refractivity contribution in [3.05, 3.63) is 53.0 Å². The van der Waals surface area contributed by atoms with Crippen LogP contribution in [-0.4, -0.2) is 70.2 Å². The first-order valence-electron chi connectivity index (χ1n) is 14.5. The van der Waals surface area contributed by atoms with Gasteiger partial charge < -0.3 is 18.6 Å². The third kappa shape index (κ3) is 5.94. The van der Waals surface area contributed by atoms with Crippen molar-refractivity contribution in [3.8, 4) is 11.5 Å². The van der Waals surface area contributed by atoms with Crippen LogP contribution in [0.5, 0.6) is 0 Å². The zero-order valence-corrected chi connectivity index (χ0v) is 23.1. The van der Waals surface area contributed by atoms with Crippen molar-refractivity contribution in [2.45, 2.75) is 70.8 Å². The lowest BCUT2D eigenvalue weighted by molar-refractivity contribution is -0.138. The topological polar surface area (TPSA) is 97.7 Å². The van der Waals surface area contributed by atoms with Crippen LogP contribution < -0.4 is 0 Å². The van der Waals surface area contributed by atoms with E-state index in [1.54, 1.807) is 0 Å². The van der Waals surface area contributed by atoms with E-state index in [1.165, 1.54) is 5.56 Å². The fourth-order valence-corrected chi connectivity index (χ4v) is 6.17. The van der Waals surface area contributed by atoms with E-state index in [9.17, 15) is 4.79 Å². The smallest absolute Gasteiger partial charge is 0.229 e. The minimum Gasteiger partial charge on any atom is -0.441 e. The van der Waals surface area contributed by atoms with Crippen molar-refractivity contribution in [1.29, 1.82) is 0 Å².